The van der Waals surface area contributed by atoms with Gasteiger partial charge in [0.2, 0.25) is 5.91 Å². The van der Waals surface area contributed by atoms with Crippen LogP contribution in [-0.2, 0) is 4.79 Å². The molecule has 0 saturated heterocycles. The molecule has 6 heteroatoms. The van der Waals surface area contributed by atoms with E-state index in [1.54, 1.807) is 0 Å². The lowest BCUT2D eigenvalue weighted by Crippen LogP contribution is -2.15. The number of anilines is 1. The Morgan fingerprint density at radius 1 is 1.14 bits per heavy atom. The zero-order valence-electron chi connectivity index (χ0n) is 12.1. The molecule has 2 aromatic rings. The molecule has 0 aliphatic carbocycles. The molecule has 1 N–H and O–H groups in total. The van der Waals surface area contributed by atoms with E-state index in [-0.39, 0.29) is 24.6 Å². The summed E-state index contributed by atoms with van der Waals surface area (Å²) in [6.45, 7) is 2.25. The largest absolute Gasteiger partial charge is 0.493 e. The Hall–Kier alpha value is -2.89. The molecule has 0 aromatic heterocycles. The minimum atomic E-state index is -0.485. The van der Waals surface area contributed by atoms with Crippen molar-refractivity contribution in [3.05, 3.63) is 64.2 Å². The number of nitro groups is 1. The van der Waals surface area contributed by atoms with Crippen molar-refractivity contribution in [2.45, 2.75) is 13.3 Å². The van der Waals surface area contributed by atoms with Crippen molar-refractivity contribution in [1.82, 2.24) is 0 Å². The number of rotatable bonds is 6. The second kappa shape index (κ2) is 7.21. The topological polar surface area (TPSA) is 81.5 Å². The lowest BCUT2D eigenvalue weighted by molar-refractivity contribution is -0.384. The monoisotopic (exact) mass is 300 g/mol. The SMILES string of the molecule is Cc1ccc(OCCC(=O)Nc2ccc([N+](=O)[O-])cc2)cc1. The molecule has 0 fully saturated rings. The van der Waals surface area contributed by atoms with E-state index in [4.69, 9.17) is 4.74 Å². The first-order valence-corrected chi connectivity index (χ1v) is 6.78. The molecule has 0 saturated carbocycles. The van der Waals surface area contributed by atoms with E-state index in [1.807, 2.05) is 31.2 Å². The lowest BCUT2D eigenvalue weighted by atomic mass is 10.2. The van der Waals surface area contributed by atoms with Gasteiger partial charge in [0, 0.05) is 17.8 Å². The standard InChI is InChI=1S/C16H16N2O4/c1-12-2-8-15(9-3-12)22-11-10-16(19)17-13-4-6-14(7-5-13)18(20)21/h2-9H,10-11H2,1H3,(H,17,19). The second-order valence-corrected chi connectivity index (χ2v) is 4.76. The molecule has 1 amide bonds. The summed E-state index contributed by atoms with van der Waals surface area (Å²) >= 11 is 0. The van der Waals surface area contributed by atoms with Crippen LogP contribution in [0.3, 0.4) is 0 Å². The highest BCUT2D eigenvalue weighted by atomic mass is 16.6. The van der Waals surface area contributed by atoms with E-state index in [0.29, 0.717) is 11.4 Å². The van der Waals surface area contributed by atoms with Crippen LogP contribution >= 0.6 is 0 Å². The minimum absolute atomic E-state index is 0.0132. The number of non-ortho nitro benzene ring substituents is 1. The van der Waals surface area contributed by atoms with Gasteiger partial charge in [-0.25, -0.2) is 0 Å². The molecular weight excluding hydrogens is 284 g/mol. The number of hydrogen-bond donors (Lipinski definition) is 1. The molecular formula is C16H16N2O4. The predicted octanol–water partition coefficient (Wildman–Crippen LogP) is 3.31. The highest BCUT2D eigenvalue weighted by Gasteiger charge is 2.06. The van der Waals surface area contributed by atoms with Crippen LogP contribution in [0.2, 0.25) is 0 Å². The Bertz CT molecular complexity index is 651. The fourth-order valence-corrected chi connectivity index (χ4v) is 1.79. The zero-order chi connectivity index (χ0) is 15.9. The van der Waals surface area contributed by atoms with Crippen molar-refractivity contribution in [2.75, 3.05) is 11.9 Å². The first-order valence-electron chi connectivity index (χ1n) is 6.78. The number of ether oxygens (including phenoxy) is 1. The van der Waals surface area contributed by atoms with Crippen LogP contribution < -0.4 is 10.1 Å². The zero-order valence-corrected chi connectivity index (χ0v) is 12.1. The highest BCUT2D eigenvalue weighted by molar-refractivity contribution is 5.90. The molecule has 0 unspecified atom stereocenters. The van der Waals surface area contributed by atoms with Crippen molar-refractivity contribution in [3.63, 3.8) is 0 Å². The summed E-state index contributed by atoms with van der Waals surface area (Å²) in [5.41, 5.74) is 1.65. The minimum Gasteiger partial charge on any atom is -0.493 e. The van der Waals surface area contributed by atoms with Crippen LogP contribution in [0.25, 0.3) is 0 Å². The van der Waals surface area contributed by atoms with Gasteiger partial charge in [0.05, 0.1) is 18.0 Å². The normalized spacial score (nSPS) is 10.0. The van der Waals surface area contributed by atoms with Crippen molar-refractivity contribution >= 4 is 17.3 Å². The number of nitro benzene ring substituents is 1. The third kappa shape index (κ3) is 4.59. The number of aryl methyl sites for hydroxylation is 1. The summed E-state index contributed by atoms with van der Waals surface area (Å²) in [7, 11) is 0. The molecule has 0 radical (unpaired) electrons. The van der Waals surface area contributed by atoms with E-state index in [1.165, 1.54) is 24.3 Å². The van der Waals surface area contributed by atoms with Gasteiger partial charge in [0.15, 0.2) is 0 Å². The van der Waals surface area contributed by atoms with Gasteiger partial charge < -0.3 is 10.1 Å². The third-order valence-corrected chi connectivity index (χ3v) is 2.98. The van der Waals surface area contributed by atoms with Crippen molar-refractivity contribution in [2.24, 2.45) is 0 Å². The Morgan fingerprint density at radius 2 is 1.77 bits per heavy atom. The fraction of sp³-hybridized carbons (Fsp3) is 0.188. The molecule has 22 heavy (non-hydrogen) atoms. The average molecular weight is 300 g/mol. The van der Waals surface area contributed by atoms with E-state index in [2.05, 4.69) is 5.32 Å². The summed E-state index contributed by atoms with van der Waals surface area (Å²) in [6, 6.07) is 13.3. The summed E-state index contributed by atoms with van der Waals surface area (Å²) in [6.07, 6.45) is 0.199. The lowest BCUT2D eigenvalue weighted by Gasteiger charge is -2.07. The first kappa shape index (κ1) is 15.5. The smallest absolute Gasteiger partial charge is 0.269 e. The molecule has 2 aromatic carbocycles. The van der Waals surface area contributed by atoms with Gasteiger partial charge in [0.25, 0.3) is 5.69 Å². The summed E-state index contributed by atoms with van der Waals surface area (Å²) in [4.78, 5) is 21.8. The van der Waals surface area contributed by atoms with Crippen LogP contribution in [0.15, 0.2) is 48.5 Å². The van der Waals surface area contributed by atoms with Crippen LogP contribution in [0.1, 0.15) is 12.0 Å². The molecule has 0 bridgehead atoms. The summed E-state index contributed by atoms with van der Waals surface area (Å²) < 4.78 is 5.47. The second-order valence-electron chi connectivity index (χ2n) is 4.76. The highest BCUT2D eigenvalue weighted by Crippen LogP contribution is 2.16. The maximum absolute atomic E-state index is 11.8. The molecule has 6 nitrogen and oxygen atoms in total. The average Bonchev–Trinajstić information content (AvgIpc) is 2.50. The van der Waals surface area contributed by atoms with Crippen LogP contribution in [0, 0.1) is 17.0 Å². The first-order chi connectivity index (χ1) is 10.5. The summed E-state index contributed by atoms with van der Waals surface area (Å²) in [5, 5.41) is 13.2. The van der Waals surface area contributed by atoms with Crippen molar-refractivity contribution in [1.29, 1.82) is 0 Å². The Morgan fingerprint density at radius 3 is 2.36 bits per heavy atom. The quantitative estimate of drug-likeness (QED) is 0.655. The van der Waals surface area contributed by atoms with Gasteiger partial charge in [-0.1, -0.05) is 17.7 Å². The van der Waals surface area contributed by atoms with Gasteiger partial charge in [-0.05, 0) is 31.2 Å². The van der Waals surface area contributed by atoms with Crippen LogP contribution in [0.4, 0.5) is 11.4 Å². The van der Waals surface area contributed by atoms with Gasteiger partial charge in [0.1, 0.15) is 5.75 Å². The Balaban J connectivity index is 1.77. The molecule has 0 aliphatic heterocycles. The van der Waals surface area contributed by atoms with Gasteiger partial charge >= 0.3 is 0 Å². The number of nitrogens with zero attached hydrogens (tertiary/aromatic N) is 1. The van der Waals surface area contributed by atoms with E-state index in [0.717, 1.165) is 5.56 Å². The number of nitrogens with one attached hydrogen (secondary N) is 1. The van der Waals surface area contributed by atoms with E-state index >= 15 is 0 Å². The number of amides is 1. The maximum atomic E-state index is 11.8. The molecule has 0 spiro atoms. The van der Waals surface area contributed by atoms with Gasteiger partial charge in [-0.2, -0.15) is 0 Å². The van der Waals surface area contributed by atoms with Crippen LogP contribution in [-0.4, -0.2) is 17.4 Å². The maximum Gasteiger partial charge on any atom is 0.269 e. The molecule has 0 atom stereocenters. The third-order valence-electron chi connectivity index (χ3n) is 2.98. The summed E-state index contributed by atoms with van der Waals surface area (Å²) in [5.74, 6) is 0.509. The van der Waals surface area contributed by atoms with Gasteiger partial charge in [-0.15, -0.1) is 0 Å². The van der Waals surface area contributed by atoms with Crippen molar-refractivity contribution in [3.8, 4) is 5.75 Å². The molecule has 2 rings (SSSR count). The number of benzene rings is 2. The molecule has 0 aliphatic rings. The Kier molecular flexibility index (Phi) is 5.08. The van der Waals surface area contributed by atoms with Crippen LogP contribution in [0.5, 0.6) is 5.75 Å². The van der Waals surface area contributed by atoms with Gasteiger partial charge in [-0.3, -0.25) is 14.9 Å². The number of hydrogen-bond acceptors (Lipinski definition) is 4. The Labute approximate surface area is 127 Å². The number of carbonyl (C=O) groups is 1. The predicted molar refractivity (Wildman–Crippen MR) is 83.0 cm³/mol. The number of carbonyl (C=O) groups excluding carboxylic acids is 1. The van der Waals surface area contributed by atoms with E-state index < -0.39 is 4.92 Å². The molecule has 114 valence electrons. The van der Waals surface area contributed by atoms with Crippen molar-refractivity contribution < 1.29 is 14.5 Å². The fourth-order valence-electron chi connectivity index (χ4n) is 1.79. The van der Waals surface area contributed by atoms with E-state index in [9.17, 15) is 14.9 Å². The molecule has 0 heterocycles.